The number of halogens is 4. The second-order valence-electron chi connectivity index (χ2n) is 7.03. The monoisotopic (exact) mass is 476 g/mol. The van der Waals surface area contributed by atoms with Crippen molar-refractivity contribution in [3.8, 4) is 5.75 Å². The molecule has 1 amide bonds. The van der Waals surface area contributed by atoms with E-state index in [0.717, 1.165) is 12.1 Å². The number of ether oxygens (including phenoxy) is 1. The van der Waals surface area contributed by atoms with Crippen LogP contribution >= 0.6 is 11.6 Å². The summed E-state index contributed by atoms with van der Waals surface area (Å²) in [6, 6.07) is 9.07. The van der Waals surface area contributed by atoms with Gasteiger partial charge in [0.15, 0.2) is 0 Å². The first kappa shape index (κ1) is 23.4. The van der Waals surface area contributed by atoms with Gasteiger partial charge in [0.05, 0.1) is 23.3 Å². The zero-order chi connectivity index (χ0) is 22.8. The summed E-state index contributed by atoms with van der Waals surface area (Å²) in [5, 5.41) is 2.22. The second kappa shape index (κ2) is 9.05. The van der Waals surface area contributed by atoms with Gasteiger partial charge in [0.2, 0.25) is 15.9 Å². The molecule has 1 aliphatic heterocycles. The predicted octanol–water partition coefficient (Wildman–Crippen LogP) is 4.41. The van der Waals surface area contributed by atoms with Crippen LogP contribution in [-0.4, -0.2) is 38.8 Å². The Balaban J connectivity index is 1.66. The van der Waals surface area contributed by atoms with Crippen LogP contribution in [0.4, 0.5) is 18.9 Å². The molecular weight excluding hydrogens is 457 g/mol. The van der Waals surface area contributed by atoms with Gasteiger partial charge in [-0.25, -0.2) is 8.42 Å². The number of sulfonamides is 1. The molecule has 11 heteroatoms. The van der Waals surface area contributed by atoms with Crippen molar-refractivity contribution in [2.75, 3.05) is 25.5 Å². The van der Waals surface area contributed by atoms with E-state index in [1.54, 1.807) is 0 Å². The lowest BCUT2D eigenvalue weighted by molar-refractivity contribution is -0.137. The maximum atomic E-state index is 13.2. The van der Waals surface area contributed by atoms with Crippen molar-refractivity contribution in [1.29, 1.82) is 0 Å². The van der Waals surface area contributed by atoms with Crippen LogP contribution in [-0.2, 0) is 21.0 Å². The highest BCUT2D eigenvalue weighted by atomic mass is 35.5. The standard InChI is InChI=1S/C20H20ClF3N2O4S/c1-30-15-3-5-16(6-4-15)31(28,29)26-10-8-13(9-11-26)19(27)25-18-7-2-14(21)12-17(18)20(22,23)24/h2-7,12-13H,8-11H2,1H3,(H,25,27). The first-order chi connectivity index (χ1) is 14.5. The number of nitrogens with zero attached hydrogens (tertiary/aromatic N) is 1. The minimum absolute atomic E-state index is 0.0825. The van der Waals surface area contributed by atoms with Crippen molar-refractivity contribution in [3.63, 3.8) is 0 Å². The van der Waals surface area contributed by atoms with E-state index in [2.05, 4.69) is 5.32 Å². The average molecular weight is 477 g/mol. The molecule has 1 N–H and O–H groups in total. The zero-order valence-corrected chi connectivity index (χ0v) is 18.0. The van der Waals surface area contributed by atoms with Crippen LogP contribution in [0, 0.1) is 5.92 Å². The predicted molar refractivity (Wildman–Crippen MR) is 110 cm³/mol. The number of carbonyl (C=O) groups excluding carboxylic acids is 1. The summed E-state index contributed by atoms with van der Waals surface area (Å²) in [5.41, 5.74) is -1.41. The molecule has 6 nitrogen and oxygen atoms in total. The van der Waals surface area contributed by atoms with E-state index in [1.165, 1.54) is 41.7 Å². The Labute approximate surface area is 183 Å². The molecule has 0 radical (unpaired) electrons. The van der Waals surface area contributed by atoms with Gasteiger partial charge >= 0.3 is 6.18 Å². The van der Waals surface area contributed by atoms with Crippen molar-refractivity contribution in [1.82, 2.24) is 4.31 Å². The molecule has 1 aliphatic rings. The van der Waals surface area contributed by atoms with Crippen LogP contribution in [0.15, 0.2) is 47.4 Å². The Morgan fingerprint density at radius 2 is 1.74 bits per heavy atom. The molecule has 0 spiro atoms. The molecule has 31 heavy (non-hydrogen) atoms. The number of hydrogen-bond donors (Lipinski definition) is 1. The Hall–Kier alpha value is -2.30. The highest BCUT2D eigenvalue weighted by Gasteiger charge is 2.36. The van der Waals surface area contributed by atoms with Crippen LogP contribution in [0.5, 0.6) is 5.75 Å². The third kappa shape index (κ3) is 5.31. The molecule has 1 saturated heterocycles. The quantitative estimate of drug-likeness (QED) is 0.693. The number of amides is 1. The molecule has 2 aromatic carbocycles. The minimum atomic E-state index is -4.68. The fourth-order valence-corrected chi connectivity index (χ4v) is 4.99. The first-order valence-corrected chi connectivity index (χ1v) is 11.2. The largest absolute Gasteiger partial charge is 0.497 e. The first-order valence-electron chi connectivity index (χ1n) is 9.34. The van der Waals surface area contributed by atoms with Crippen molar-refractivity contribution in [3.05, 3.63) is 53.1 Å². The molecule has 0 unspecified atom stereocenters. The summed E-state index contributed by atoms with van der Waals surface area (Å²) in [6.45, 7) is 0.165. The van der Waals surface area contributed by atoms with Crippen LogP contribution in [0.1, 0.15) is 18.4 Å². The number of hydrogen-bond acceptors (Lipinski definition) is 4. The van der Waals surface area contributed by atoms with Crippen molar-refractivity contribution < 1.29 is 31.1 Å². The molecule has 1 fully saturated rings. The smallest absolute Gasteiger partial charge is 0.418 e. The van der Waals surface area contributed by atoms with Gasteiger partial charge in [-0.3, -0.25) is 4.79 Å². The van der Waals surface area contributed by atoms with Crippen molar-refractivity contribution >= 4 is 33.2 Å². The Morgan fingerprint density at radius 3 is 2.29 bits per heavy atom. The number of piperidine rings is 1. The van der Waals surface area contributed by atoms with E-state index in [1.807, 2.05) is 0 Å². The molecule has 0 aromatic heterocycles. The van der Waals surface area contributed by atoms with Crippen LogP contribution in [0.25, 0.3) is 0 Å². The van der Waals surface area contributed by atoms with Gasteiger partial charge < -0.3 is 10.1 Å². The van der Waals surface area contributed by atoms with Crippen LogP contribution < -0.4 is 10.1 Å². The third-order valence-corrected chi connectivity index (χ3v) is 7.21. The third-order valence-electron chi connectivity index (χ3n) is 5.07. The van der Waals surface area contributed by atoms with Crippen molar-refractivity contribution in [2.24, 2.45) is 5.92 Å². The minimum Gasteiger partial charge on any atom is -0.497 e. The fraction of sp³-hybridized carbons (Fsp3) is 0.350. The topological polar surface area (TPSA) is 75.7 Å². The van der Waals surface area contributed by atoms with Gasteiger partial charge in [0.25, 0.3) is 0 Å². The molecule has 0 aliphatic carbocycles. The maximum absolute atomic E-state index is 13.2. The zero-order valence-electron chi connectivity index (χ0n) is 16.4. The van der Waals surface area contributed by atoms with Gasteiger partial charge in [-0.1, -0.05) is 11.6 Å². The van der Waals surface area contributed by atoms with Crippen molar-refractivity contribution in [2.45, 2.75) is 23.9 Å². The fourth-order valence-electron chi connectivity index (χ4n) is 3.35. The highest BCUT2D eigenvalue weighted by Crippen LogP contribution is 2.37. The number of benzene rings is 2. The highest BCUT2D eigenvalue weighted by molar-refractivity contribution is 7.89. The van der Waals surface area contributed by atoms with Crippen LogP contribution in [0.2, 0.25) is 5.02 Å². The number of alkyl halides is 3. The Bertz CT molecular complexity index is 1050. The molecule has 168 valence electrons. The second-order valence-corrected chi connectivity index (χ2v) is 9.41. The number of anilines is 1. The summed E-state index contributed by atoms with van der Waals surface area (Å²) < 4.78 is 71.5. The Morgan fingerprint density at radius 1 is 1.13 bits per heavy atom. The summed E-state index contributed by atoms with van der Waals surface area (Å²) in [7, 11) is -2.27. The van der Waals surface area contributed by atoms with Gasteiger partial charge in [-0.15, -0.1) is 0 Å². The lowest BCUT2D eigenvalue weighted by Crippen LogP contribution is -2.41. The molecular formula is C20H20ClF3N2O4S. The van der Waals surface area contributed by atoms with Gasteiger partial charge in [0.1, 0.15) is 5.75 Å². The molecule has 3 rings (SSSR count). The van der Waals surface area contributed by atoms with Gasteiger partial charge in [-0.05, 0) is 55.3 Å². The molecule has 2 aromatic rings. The van der Waals surface area contributed by atoms with E-state index >= 15 is 0 Å². The molecule has 0 saturated carbocycles. The van der Waals surface area contributed by atoms with E-state index in [-0.39, 0.29) is 41.5 Å². The molecule has 0 bridgehead atoms. The SMILES string of the molecule is COc1ccc(S(=O)(=O)N2CCC(C(=O)Nc3ccc(Cl)cc3C(F)(F)F)CC2)cc1. The number of methoxy groups -OCH3 is 1. The summed E-state index contributed by atoms with van der Waals surface area (Å²) in [4.78, 5) is 12.6. The van der Waals surface area contributed by atoms with E-state index in [9.17, 15) is 26.4 Å². The number of nitrogens with one attached hydrogen (secondary N) is 1. The van der Waals surface area contributed by atoms with Crippen LogP contribution in [0.3, 0.4) is 0 Å². The van der Waals surface area contributed by atoms with E-state index < -0.39 is 33.6 Å². The molecule has 0 atom stereocenters. The van der Waals surface area contributed by atoms with E-state index in [4.69, 9.17) is 16.3 Å². The molecule has 1 heterocycles. The van der Waals surface area contributed by atoms with E-state index in [0.29, 0.717) is 5.75 Å². The van der Waals surface area contributed by atoms with Gasteiger partial charge in [-0.2, -0.15) is 17.5 Å². The normalized spacial score (nSPS) is 16.2. The lowest BCUT2D eigenvalue weighted by Gasteiger charge is -2.30. The lowest BCUT2D eigenvalue weighted by atomic mass is 9.97. The van der Waals surface area contributed by atoms with Gasteiger partial charge in [0, 0.05) is 24.0 Å². The number of rotatable bonds is 5. The summed E-state index contributed by atoms with van der Waals surface area (Å²) >= 11 is 5.65. The average Bonchev–Trinajstić information content (AvgIpc) is 2.74. The summed E-state index contributed by atoms with van der Waals surface area (Å²) in [6.07, 6.45) is -4.30. The summed E-state index contributed by atoms with van der Waals surface area (Å²) in [5.74, 6) is -0.678. The maximum Gasteiger partial charge on any atom is 0.418 e. The number of carbonyl (C=O) groups is 1. The Kier molecular flexibility index (Phi) is 6.82.